The molecule has 2 aromatic heterocycles. The molecule has 0 spiro atoms. The number of rotatable bonds is 7. The van der Waals surface area contributed by atoms with Gasteiger partial charge in [-0.3, -0.25) is 18.7 Å². The lowest BCUT2D eigenvalue weighted by molar-refractivity contribution is 0.0631. The molecule has 9 nitrogen and oxygen atoms in total. The van der Waals surface area contributed by atoms with E-state index in [0.717, 1.165) is 48.4 Å². The van der Waals surface area contributed by atoms with Gasteiger partial charge in [0.25, 0.3) is 11.8 Å². The summed E-state index contributed by atoms with van der Waals surface area (Å²) >= 11 is 1.28. The fourth-order valence-electron chi connectivity index (χ4n) is 6.51. The van der Waals surface area contributed by atoms with Gasteiger partial charge in [0.1, 0.15) is 11.5 Å². The zero-order valence-corrected chi connectivity index (χ0v) is 25.6. The standard InChI is InChI=1S/C30H43N5O4S2/c1-19-7-5-6-14-35(19)30(37)26-27(40-29(34-26)28(36)33-22-12-15-41(38,39)16-13-22)24-18-31-25(17-23(24)20-10-11-20)32-21-8-3-2-4-9-21/h17-22,38-39H,2-16H2,1H3,(H,31,32)(H,33,36). The second-order valence-corrected chi connectivity index (χ2v) is 15.8. The number of likely N-dealkylation sites (tertiary alicyclic amines) is 1. The maximum absolute atomic E-state index is 14.0. The van der Waals surface area contributed by atoms with E-state index < -0.39 is 10.6 Å². The highest BCUT2D eigenvalue weighted by Gasteiger charge is 2.35. The van der Waals surface area contributed by atoms with Crippen molar-refractivity contribution in [2.45, 2.75) is 108 Å². The predicted molar refractivity (Wildman–Crippen MR) is 165 cm³/mol. The summed E-state index contributed by atoms with van der Waals surface area (Å²) < 4.78 is 19.9. The highest BCUT2D eigenvalue weighted by molar-refractivity contribution is 8.24. The zero-order chi connectivity index (χ0) is 28.6. The number of hydrogen-bond donors (Lipinski definition) is 4. The first-order valence-electron chi connectivity index (χ1n) is 15.4. The molecule has 0 radical (unpaired) electrons. The monoisotopic (exact) mass is 601 g/mol. The lowest BCUT2D eigenvalue weighted by atomic mass is 9.95. The Bertz CT molecular complexity index is 1260. The van der Waals surface area contributed by atoms with Gasteiger partial charge < -0.3 is 15.5 Å². The highest BCUT2D eigenvalue weighted by Crippen LogP contribution is 2.47. The van der Waals surface area contributed by atoms with Crippen molar-refractivity contribution in [3.8, 4) is 10.4 Å². The third kappa shape index (κ3) is 6.73. The van der Waals surface area contributed by atoms with Crippen molar-refractivity contribution < 1.29 is 18.7 Å². The summed E-state index contributed by atoms with van der Waals surface area (Å²) in [6.45, 7) is 2.79. The fourth-order valence-corrected chi connectivity index (χ4v) is 9.03. The van der Waals surface area contributed by atoms with E-state index in [1.807, 2.05) is 11.1 Å². The van der Waals surface area contributed by atoms with Crippen LogP contribution < -0.4 is 10.6 Å². The van der Waals surface area contributed by atoms with Crippen molar-refractivity contribution in [2.24, 2.45) is 0 Å². The minimum Gasteiger partial charge on any atom is -0.367 e. The molecule has 1 atom stereocenters. The van der Waals surface area contributed by atoms with Crippen LogP contribution >= 0.6 is 21.9 Å². The Morgan fingerprint density at radius 1 is 0.976 bits per heavy atom. The second-order valence-electron chi connectivity index (χ2n) is 12.4. The van der Waals surface area contributed by atoms with Gasteiger partial charge in [-0.25, -0.2) is 9.97 Å². The van der Waals surface area contributed by atoms with Crippen LogP contribution in [0.4, 0.5) is 5.82 Å². The first kappa shape index (κ1) is 28.9. The smallest absolute Gasteiger partial charge is 0.280 e. The summed E-state index contributed by atoms with van der Waals surface area (Å²) in [6.07, 6.45) is 14.3. The molecule has 4 heterocycles. The molecule has 4 fully saturated rings. The van der Waals surface area contributed by atoms with Crippen molar-refractivity contribution in [2.75, 3.05) is 23.4 Å². The molecule has 2 aliphatic carbocycles. The molecule has 2 aromatic rings. The fraction of sp³-hybridized carbons (Fsp3) is 0.667. The highest BCUT2D eigenvalue weighted by atomic mass is 32.3. The van der Waals surface area contributed by atoms with E-state index in [4.69, 9.17) is 9.97 Å². The third-order valence-corrected chi connectivity index (χ3v) is 12.0. The van der Waals surface area contributed by atoms with Crippen molar-refractivity contribution in [3.63, 3.8) is 0 Å². The van der Waals surface area contributed by atoms with Crippen LogP contribution in [-0.2, 0) is 0 Å². The Hall–Kier alpha value is -2.21. The Labute approximate surface area is 248 Å². The van der Waals surface area contributed by atoms with Crippen LogP contribution in [0.1, 0.15) is 116 Å². The van der Waals surface area contributed by atoms with Crippen LogP contribution in [0, 0.1) is 0 Å². The number of pyridine rings is 1. The molecule has 41 heavy (non-hydrogen) atoms. The van der Waals surface area contributed by atoms with Crippen molar-refractivity contribution in [1.29, 1.82) is 0 Å². The molecule has 11 heteroatoms. The molecule has 0 bridgehead atoms. The normalized spacial score (nSPS) is 24.6. The topological polar surface area (TPSA) is 128 Å². The molecule has 2 aliphatic heterocycles. The van der Waals surface area contributed by atoms with Gasteiger partial charge in [-0.1, -0.05) is 19.3 Å². The number of anilines is 1. The summed E-state index contributed by atoms with van der Waals surface area (Å²) in [5.41, 5.74) is 2.45. The van der Waals surface area contributed by atoms with Crippen LogP contribution in [0.15, 0.2) is 12.3 Å². The minimum atomic E-state index is -2.53. The Morgan fingerprint density at radius 3 is 2.41 bits per heavy atom. The second kappa shape index (κ2) is 12.2. The molecule has 6 rings (SSSR count). The molecular weight excluding hydrogens is 558 g/mol. The van der Waals surface area contributed by atoms with Gasteiger partial charge in [0.2, 0.25) is 0 Å². The number of nitrogens with zero attached hydrogens (tertiary/aromatic N) is 3. The van der Waals surface area contributed by atoms with E-state index >= 15 is 0 Å². The molecule has 2 amide bonds. The van der Waals surface area contributed by atoms with Gasteiger partial charge in [0, 0.05) is 47.9 Å². The molecule has 2 saturated carbocycles. The van der Waals surface area contributed by atoms with Crippen LogP contribution in [0.3, 0.4) is 0 Å². The van der Waals surface area contributed by atoms with Crippen LogP contribution in [0.25, 0.3) is 10.4 Å². The SMILES string of the molecule is CC1CCCCN1C(=O)c1nc(C(=O)NC2CCS(O)(O)CC2)sc1-c1cnc(NC2CCCCC2)cc1C1CC1. The van der Waals surface area contributed by atoms with Gasteiger partial charge in [0.15, 0.2) is 5.01 Å². The van der Waals surface area contributed by atoms with Gasteiger partial charge in [-0.15, -0.1) is 11.3 Å². The average molecular weight is 602 g/mol. The number of carbonyl (C=O) groups is 2. The van der Waals surface area contributed by atoms with Gasteiger partial charge in [0.05, 0.1) is 4.88 Å². The zero-order valence-electron chi connectivity index (χ0n) is 23.9. The first-order chi connectivity index (χ1) is 19.8. The summed E-state index contributed by atoms with van der Waals surface area (Å²) in [5.74, 6) is 1.51. The summed E-state index contributed by atoms with van der Waals surface area (Å²) in [5, 5.41) is 6.98. The number of amides is 2. The van der Waals surface area contributed by atoms with E-state index in [9.17, 15) is 18.7 Å². The lowest BCUT2D eigenvalue weighted by Gasteiger charge is -2.39. The van der Waals surface area contributed by atoms with Gasteiger partial charge in [-0.05, 0) is 82.3 Å². The molecule has 1 unspecified atom stereocenters. The van der Waals surface area contributed by atoms with E-state index in [2.05, 4.69) is 23.6 Å². The molecule has 2 saturated heterocycles. The Kier molecular flexibility index (Phi) is 8.59. The average Bonchev–Trinajstić information content (AvgIpc) is 3.72. The first-order valence-corrected chi connectivity index (χ1v) is 18.1. The quantitative estimate of drug-likeness (QED) is 0.286. The summed E-state index contributed by atoms with van der Waals surface area (Å²) in [6, 6.07) is 2.62. The van der Waals surface area contributed by atoms with Crippen LogP contribution in [0.2, 0.25) is 0 Å². The van der Waals surface area contributed by atoms with E-state index in [-0.39, 0.29) is 28.9 Å². The molecule has 0 aromatic carbocycles. The van der Waals surface area contributed by atoms with Crippen molar-refractivity contribution >= 4 is 39.6 Å². The number of carbonyl (C=O) groups excluding carboxylic acids is 2. The van der Waals surface area contributed by atoms with E-state index in [0.29, 0.717) is 48.5 Å². The molecular formula is C30H43N5O4S2. The number of nitrogens with one attached hydrogen (secondary N) is 2. The van der Waals surface area contributed by atoms with Crippen LogP contribution in [0.5, 0.6) is 0 Å². The number of piperidine rings is 1. The summed E-state index contributed by atoms with van der Waals surface area (Å²) in [4.78, 5) is 39.5. The largest absolute Gasteiger partial charge is 0.367 e. The number of aromatic nitrogens is 2. The predicted octanol–water partition coefficient (Wildman–Crippen LogP) is 6.48. The van der Waals surface area contributed by atoms with Crippen molar-refractivity contribution in [1.82, 2.24) is 20.2 Å². The van der Waals surface area contributed by atoms with Crippen molar-refractivity contribution in [3.05, 3.63) is 28.5 Å². The molecule has 4 N–H and O–H groups in total. The minimum absolute atomic E-state index is 0.111. The maximum Gasteiger partial charge on any atom is 0.280 e. The van der Waals surface area contributed by atoms with Gasteiger partial charge >= 0.3 is 0 Å². The Morgan fingerprint density at radius 2 is 1.71 bits per heavy atom. The number of hydrogen-bond acceptors (Lipinski definition) is 8. The molecule has 224 valence electrons. The van der Waals surface area contributed by atoms with E-state index in [1.165, 1.54) is 49.0 Å². The Balaban J connectivity index is 1.31. The van der Waals surface area contributed by atoms with Crippen LogP contribution in [-0.4, -0.2) is 72.0 Å². The summed E-state index contributed by atoms with van der Waals surface area (Å²) in [7, 11) is -2.53. The maximum atomic E-state index is 14.0. The van der Waals surface area contributed by atoms with Gasteiger partial charge in [-0.2, -0.15) is 10.6 Å². The number of thiazole rings is 1. The molecule has 4 aliphatic rings. The lowest BCUT2D eigenvalue weighted by Crippen LogP contribution is -2.42. The van der Waals surface area contributed by atoms with E-state index in [1.54, 1.807) is 0 Å². The third-order valence-electron chi connectivity index (χ3n) is 9.16.